The lowest BCUT2D eigenvalue weighted by Gasteiger charge is -2.02. The number of ether oxygens (including phenoxy) is 1. The van der Waals surface area contributed by atoms with Crippen LogP contribution in [0.3, 0.4) is 0 Å². The predicted octanol–water partition coefficient (Wildman–Crippen LogP) is 1.41. The summed E-state index contributed by atoms with van der Waals surface area (Å²) in [5, 5.41) is 14.5. The molecule has 0 saturated carbocycles. The summed E-state index contributed by atoms with van der Waals surface area (Å²) < 4.78 is 4.70. The number of nitrogens with zero attached hydrogens (tertiary/aromatic N) is 2. The van der Waals surface area contributed by atoms with Crippen molar-refractivity contribution in [1.82, 2.24) is 0 Å². The van der Waals surface area contributed by atoms with Gasteiger partial charge in [0.05, 0.1) is 6.61 Å². The topological polar surface area (TPSA) is 73.9 Å². The maximum atomic E-state index is 10.4. The smallest absolute Gasteiger partial charge is 0.330 e. The van der Waals surface area contributed by atoms with Crippen LogP contribution in [0.15, 0.2) is 12.7 Å². The van der Waals surface area contributed by atoms with Gasteiger partial charge in [0.15, 0.2) is 12.1 Å². The second kappa shape index (κ2) is 10.2. The highest BCUT2D eigenvalue weighted by Gasteiger charge is 1.96. The molecule has 13 heavy (non-hydrogen) atoms. The van der Waals surface area contributed by atoms with Crippen LogP contribution in [-0.2, 0) is 9.53 Å². The zero-order valence-electron chi connectivity index (χ0n) is 7.78. The van der Waals surface area contributed by atoms with Crippen LogP contribution < -0.4 is 0 Å². The Labute approximate surface area is 78.0 Å². The molecule has 0 aliphatic carbocycles. The van der Waals surface area contributed by atoms with Gasteiger partial charge in [0.2, 0.25) is 0 Å². The zero-order valence-corrected chi connectivity index (χ0v) is 7.78. The highest BCUT2D eigenvalue weighted by atomic mass is 16.5. The van der Waals surface area contributed by atoms with Crippen molar-refractivity contribution in [3.05, 3.63) is 12.7 Å². The van der Waals surface area contributed by atoms with E-state index in [4.69, 9.17) is 15.3 Å². The Morgan fingerprint density at radius 1 is 1.54 bits per heavy atom. The number of hydrogen-bond acceptors (Lipinski definition) is 4. The molecule has 70 valence electrons. The van der Waals surface area contributed by atoms with Gasteiger partial charge in [-0.05, 0) is 5.92 Å². The molecule has 0 saturated heterocycles. The fourth-order valence-corrected chi connectivity index (χ4v) is 0.308. The van der Waals surface area contributed by atoms with Crippen LogP contribution in [0.2, 0.25) is 0 Å². The van der Waals surface area contributed by atoms with E-state index in [1.165, 1.54) is 18.2 Å². The van der Waals surface area contributed by atoms with Crippen LogP contribution in [0.1, 0.15) is 13.8 Å². The fraction of sp³-hybridized carbons (Fsp3) is 0.444. The quantitative estimate of drug-likeness (QED) is 0.486. The normalized spacial score (nSPS) is 7.15. The maximum Gasteiger partial charge on any atom is 0.330 e. The summed E-state index contributed by atoms with van der Waals surface area (Å²) >= 11 is 0. The highest BCUT2D eigenvalue weighted by Crippen LogP contribution is 1.92. The standard InChI is InChI=1S/C7H12O2.C2N2/c1-4-7(8)9-5-6(2)3;3-1-2-4/h4,6H,1,5H2,2-3H3;. The average molecular weight is 180 g/mol. The molecular weight excluding hydrogens is 168 g/mol. The second-order valence-corrected chi connectivity index (χ2v) is 2.45. The van der Waals surface area contributed by atoms with E-state index in [1.54, 1.807) is 0 Å². The van der Waals surface area contributed by atoms with E-state index in [0.717, 1.165) is 0 Å². The second-order valence-electron chi connectivity index (χ2n) is 2.45. The Hall–Kier alpha value is -1.81. The Kier molecular flexibility index (Phi) is 10.8. The van der Waals surface area contributed by atoms with Gasteiger partial charge >= 0.3 is 5.97 Å². The molecule has 0 amide bonds. The van der Waals surface area contributed by atoms with Gasteiger partial charge < -0.3 is 4.74 Å². The number of carbonyl (C=O) groups is 1. The van der Waals surface area contributed by atoms with Crippen LogP contribution in [0.4, 0.5) is 0 Å². The van der Waals surface area contributed by atoms with E-state index in [-0.39, 0.29) is 5.97 Å². The van der Waals surface area contributed by atoms with Crippen molar-refractivity contribution < 1.29 is 9.53 Å². The van der Waals surface area contributed by atoms with Crippen LogP contribution in [-0.4, -0.2) is 12.6 Å². The molecule has 0 radical (unpaired) electrons. The number of nitriles is 2. The third kappa shape index (κ3) is 17.8. The minimum absolute atomic E-state index is 0.344. The summed E-state index contributed by atoms with van der Waals surface area (Å²) in [5.41, 5.74) is 0. The van der Waals surface area contributed by atoms with Gasteiger partial charge in [0.25, 0.3) is 0 Å². The Morgan fingerprint density at radius 3 is 2.23 bits per heavy atom. The molecule has 4 heteroatoms. The molecule has 0 aliphatic heterocycles. The van der Waals surface area contributed by atoms with Crippen LogP contribution >= 0.6 is 0 Å². The van der Waals surface area contributed by atoms with Crippen molar-refractivity contribution in [1.29, 1.82) is 10.5 Å². The van der Waals surface area contributed by atoms with E-state index in [0.29, 0.717) is 12.5 Å². The highest BCUT2D eigenvalue weighted by molar-refractivity contribution is 5.81. The Morgan fingerprint density at radius 2 is 2.00 bits per heavy atom. The van der Waals surface area contributed by atoms with Gasteiger partial charge in [-0.3, -0.25) is 0 Å². The Bertz CT molecular complexity index is 221. The molecule has 4 nitrogen and oxygen atoms in total. The summed E-state index contributed by atoms with van der Waals surface area (Å²) in [6.45, 7) is 7.71. The molecule has 0 aromatic carbocycles. The Balaban J connectivity index is 0. The molecule has 0 aromatic heterocycles. The van der Waals surface area contributed by atoms with Crippen molar-refractivity contribution >= 4 is 5.97 Å². The summed E-state index contributed by atoms with van der Waals surface area (Å²) in [6.07, 6.45) is 1.17. The van der Waals surface area contributed by atoms with Gasteiger partial charge in [0.1, 0.15) is 0 Å². The molecule has 0 atom stereocenters. The zero-order chi connectivity index (χ0) is 10.7. The molecule has 0 aliphatic rings. The molecule has 0 aromatic rings. The first-order chi connectivity index (χ1) is 6.08. The molecule has 0 bridgehead atoms. The van der Waals surface area contributed by atoms with Crippen LogP contribution in [0.5, 0.6) is 0 Å². The lowest BCUT2D eigenvalue weighted by Crippen LogP contribution is -2.06. The van der Waals surface area contributed by atoms with Crippen molar-refractivity contribution in [2.45, 2.75) is 13.8 Å². The number of rotatable bonds is 3. The number of esters is 1. The molecule has 0 spiro atoms. The van der Waals surface area contributed by atoms with Crippen molar-refractivity contribution in [2.75, 3.05) is 6.61 Å². The van der Waals surface area contributed by atoms with Crippen molar-refractivity contribution in [3.63, 3.8) is 0 Å². The van der Waals surface area contributed by atoms with E-state index >= 15 is 0 Å². The van der Waals surface area contributed by atoms with Gasteiger partial charge in [-0.1, -0.05) is 20.4 Å². The molecule has 0 N–H and O–H groups in total. The minimum atomic E-state index is -0.344. The minimum Gasteiger partial charge on any atom is -0.462 e. The average Bonchev–Trinajstić information content (AvgIpc) is 2.14. The predicted molar refractivity (Wildman–Crippen MR) is 47.2 cm³/mol. The first kappa shape index (κ1) is 13.8. The molecule has 0 heterocycles. The number of hydrogen-bond donors (Lipinski definition) is 0. The first-order valence-electron chi connectivity index (χ1n) is 3.65. The largest absolute Gasteiger partial charge is 0.462 e. The third-order valence-electron chi connectivity index (χ3n) is 0.776. The summed E-state index contributed by atoms with van der Waals surface area (Å²) in [4.78, 5) is 10.4. The maximum absolute atomic E-state index is 10.4. The fourth-order valence-electron chi connectivity index (χ4n) is 0.308. The van der Waals surface area contributed by atoms with Gasteiger partial charge in [-0.2, -0.15) is 10.5 Å². The molecular formula is C9H12N2O2. The lowest BCUT2D eigenvalue weighted by molar-refractivity contribution is -0.138. The van der Waals surface area contributed by atoms with Crippen molar-refractivity contribution in [2.24, 2.45) is 5.92 Å². The molecule has 0 unspecified atom stereocenters. The summed E-state index contributed by atoms with van der Waals surface area (Å²) in [6, 6.07) is 2.47. The van der Waals surface area contributed by atoms with Crippen LogP contribution in [0, 0.1) is 28.6 Å². The first-order valence-corrected chi connectivity index (χ1v) is 3.65. The third-order valence-corrected chi connectivity index (χ3v) is 0.776. The number of carbonyl (C=O) groups excluding carboxylic acids is 1. The van der Waals surface area contributed by atoms with E-state index in [9.17, 15) is 4.79 Å². The SMILES string of the molecule is C=CC(=O)OCC(C)C.N#CC#N. The van der Waals surface area contributed by atoms with Crippen molar-refractivity contribution in [3.8, 4) is 12.1 Å². The van der Waals surface area contributed by atoms with Gasteiger partial charge in [-0.25, -0.2) is 4.79 Å². The van der Waals surface area contributed by atoms with E-state index < -0.39 is 0 Å². The lowest BCUT2D eigenvalue weighted by atomic mass is 10.2. The molecule has 0 rings (SSSR count). The van der Waals surface area contributed by atoms with Gasteiger partial charge in [-0.15, -0.1) is 0 Å². The molecule has 0 fully saturated rings. The monoisotopic (exact) mass is 180 g/mol. The van der Waals surface area contributed by atoms with Gasteiger partial charge in [0, 0.05) is 6.08 Å². The summed E-state index contributed by atoms with van der Waals surface area (Å²) in [7, 11) is 0. The van der Waals surface area contributed by atoms with E-state index in [1.807, 2.05) is 13.8 Å². The van der Waals surface area contributed by atoms with E-state index in [2.05, 4.69) is 6.58 Å². The van der Waals surface area contributed by atoms with Crippen LogP contribution in [0.25, 0.3) is 0 Å². The summed E-state index contributed by atoms with van der Waals surface area (Å²) in [5.74, 6) is 0.0533.